The van der Waals surface area contributed by atoms with Gasteiger partial charge in [-0.1, -0.05) is 18.2 Å². The number of ether oxygens (including phenoxy) is 2. The van der Waals surface area contributed by atoms with Crippen LogP contribution in [0.5, 0.6) is 11.5 Å². The van der Waals surface area contributed by atoms with Crippen LogP contribution in [0.1, 0.15) is 29.9 Å². The Morgan fingerprint density at radius 3 is 2.74 bits per heavy atom. The summed E-state index contributed by atoms with van der Waals surface area (Å²) < 4.78 is 12.4. The predicted molar refractivity (Wildman–Crippen MR) is 115 cm³/mol. The largest absolute Gasteiger partial charge is 0.492 e. The van der Waals surface area contributed by atoms with E-state index in [0.717, 1.165) is 16.7 Å². The van der Waals surface area contributed by atoms with E-state index in [-0.39, 0.29) is 17.2 Å². The number of amides is 2. The van der Waals surface area contributed by atoms with E-state index in [4.69, 9.17) is 15.2 Å². The molecule has 0 fully saturated rings. The lowest BCUT2D eigenvalue weighted by Gasteiger charge is -2.14. The zero-order valence-corrected chi connectivity index (χ0v) is 17.2. The number of nitrogens with two attached hydrogens (primary N) is 1. The number of rotatable bonds is 6. The van der Waals surface area contributed by atoms with E-state index < -0.39 is 23.9 Å². The predicted octanol–water partition coefficient (Wildman–Crippen LogP) is 1.86. The first-order valence-electron chi connectivity index (χ1n) is 9.93. The van der Waals surface area contributed by atoms with E-state index in [0.29, 0.717) is 29.2 Å². The first kappa shape index (κ1) is 20.4. The van der Waals surface area contributed by atoms with E-state index in [1.807, 2.05) is 19.9 Å². The van der Waals surface area contributed by atoms with Crippen molar-refractivity contribution >= 4 is 28.3 Å². The molecule has 0 unspecified atom stereocenters. The fourth-order valence-electron chi connectivity index (χ4n) is 3.66. The number of hydrogen-bond donors (Lipinski definition) is 2. The van der Waals surface area contributed by atoms with Crippen LogP contribution in [0.25, 0.3) is 10.8 Å². The van der Waals surface area contributed by atoms with Gasteiger partial charge in [0, 0.05) is 23.4 Å². The van der Waals surface area contributed by atoms with Gasteiger partial charge in [0.05, 0.1) is 17.7 Å². The van der Waals surface area contributed by atoms with Gasteiger partial charge in [-0.15, -0.1) is 0 Å². The molecule has 31 heavy (non-hydrogen) atoms. The Balaban J connectivity index is 1.65. The maximum Gasteiger partial charge on any atom is 0.275 e. The molecule has 2 heterocycles. The van der Waals surface area contributed by atoms with Crippen LogP contribution in [-0.4, -0.2) is 34.3 Å². The molecule has 9 heteroatoms. The second kappa shape index (κ2) is 8.10. The van der Waals surface area contributed by atoms with Gasteiger partial charge in [-0.25, -0.2) is 4.68 Å². The minimum absolute atomic E-state index is 0.0445. The smallest absolute Gasteiger partial charge is 0.275 e. The Kier molecular flexibility index (Phi) is 5.33. The highest BCUT2D eigenvalue weighted by molar-refractivity contribution is 6.04. The van der Waals surface area contributed by atoms with Crippen molar-refractivity contribution in [1.29, 1.82) is 0 Å². The van der Waals surface area contributed by atoms with Crippen molar-refractivity contribution in [3.8, 4) is 11.5 Å². The fourth-order valence-corrected chi connectivity index (χ4v) is 3.66. The van der Waals surface area contributed by atoms with Gasteiger partial charge in [-0.3, -0.25) is 14.4 Å². The average Bonchev–Trinajstić information content (AvgIpc) is 3.09. The minimum atomic E-state index is -0.783. The van der Waals surface area contributed by atoms with Crippen LogP contribution in [0.2, 0.25) is 0 Å². The first-order valence-corrected chi connectivity index (χ1v) is 9.93. The van der Waals surface area contributed by atoms with E-state index in [1.165, 1.54) is 0 Å². The van der Waals surface area contributed by atoms with Crippen LogP contribution < -0.4 is 26.1 Å². The fraction of sp³-hybridized carbons (Fsp3) is 0.273. The summed E-state index contributed by atoms with van der Waals surface area (Å²) >= 11 is 0. The molecule has 9 nitrogen and oxygen atoms in total. The summed E-state index contributed by atoms with van der Waals surface area (Å²) in [6.45, 7) is 3.84. The normalized spacial score (nSPS) is 14.7. The topological polar surface area (TPSA) is 126 Å². The highest BCUT2D eigenvalue weighted by Gasteiger charge is 2.23. The summed E-state index contributed by atoms with van der Waals surface area (Å²) in [5.74, 6) is -0.0895. The lowest BCUT2D eigenvalue weighted by Crippen LogP contribution is -2.32. The first-order chi connectivity index (χ1) is 14.9. The molecule has 4 rings (SSSR count). The standard InChI is InChI=1S/C22H22N4O5/c1-3-30-18-9-13-8-12(2)31-17(13)10-16(18)24-19(27)11-26-22(29)15-7-5-4-6-14(15)20(25-26)21(23)28/h4-7,9-10,12H,3,8,11H2,1-2H3,(H2,23,28)(H,24,27)/t12-/m1/s1. The number of carbonyl (C=O) groups excluding carboxylic acids is 2. The van der Waals surface area contributed by atoms with Crippen molar-refractivity contribution in [3.63, 3.8) is 0 Å². The molecule has 0 aliphatic carbocycles. The zero-order chi connectivity index (χ0) is 22.1. The Labute approximate surface area is 177 Å². The Morgan fingerprint density at radius 2 is 2.03 bits per heavy atom. The Bertz CT molecular complexity index is 1250. The number of aromatic nitrogens is 2. The van der Waals surface area contributed by atoms with Crippen molar-refractivity contribution in [2.24, 2.45) is 5.73 Å². The minimum Gasteiger partial charge on any atom is -0.492 e. The number of nitrogens with zero attached hydrogens (tertiary/aromatic N) is 2. The van der Waals surface area contributed by atoms with Crippen LogP contribution in [-0.2, 0) is 17.8 Å². The summed E-state index contributed by atoms with van der Waals surface area (Å²) in [6, 6.07) is 10.1. The third-order valence-corrected chi connectivity index (χ3v) is 4.97. The monoisotopic (exact) mass is 422 g/mol. The van der Waals surface area contributed by atoms with Gasteiger partial charge in [0.25, 0.3) is 11.5 Å². The maximum atomic E-state index is 12.8. The zero-order valence-electron chi connectivity index (χ0n) is 17.2. The van der Waals surface area contributed by atoms with Gasteiger partial charge in [0.2, 0.25) is 5.91 Å². The van der Waals surface area contributed by atoms with Gasteiger partial charge in [0.1, 0.15) is 24.1 Å². The number of carbonyl (C=O) groups is 2. The van der Waals surface area contributed by atoms with Crippen LogP contribution in [0.3, 0.4) is 0 Å². The third-order valence-electron chi connectivity index (χ3n) is 4.97. The van der Waals surface area contributed by atoms with Crippen molar-refractivity contribution in [1.82, 2.24) is 9.78 Å². The summed E-state index contributed by atoms with van der Waals surface area (Å²) in [4.78, 5) is 37.3. The summed E-state index contributed by atoms with van der Waals surface area (Å²) in [6.07, 6.45) is 0.804. The highest BCUT2D eigenvalue weighted by atomic mass is 16.5. The number of anilines is 1. The molecule has 3 aromatic rings. The van der Waals surface area contributed by atoms with Crippen LogP contribution in [0.4, 0.5) is 5.69 Å². The lowest BCUT2D eigenvalue weighted by atomic mass is 10.1. The number of benzene rings is 2. The maximum absolute atomic E-state index is 12.8. The molecule has 1 aromatic heterocycles. The molecule has 1 aliphatic rings. The molecule has 160 valence electrons. The lowest BCUT2D eigenvalue weighted by molar-refractivity contribution is -0.117. The molecular formula is C22H22N4O5. The van der Waals surface area contributed by atoms with Gasteiger partial charge in [-0.2, -0.15) is 5.10 Å². The van der Waals surface area contributed by atoms with Crippen LogP contribution in [0, 0.1) is 0 Å². The summed E-state index contributed by atoms with van der Waals surface area (Å²) in [5, 5.41) is 7.38. The molecule has 1 aliphatic heterocycles. The van der Waals surface area contributed by atoms with Gasteiger partial charge >= 0.3 is 0 Å². The van der Waals surface area contributed by atoms with Crippen LogP contribution >= 0.6 is 0 Å². The summed E-state index contributed by atoms with van der Waals surface area (Å²) in [7, 11) is 0. The molecule has 0 saturated heterocycles. The van der Waals surface area contributed by atoms with Crippen molar-refractivity contribution in [2.45, 2.75) is 32.9 Å². The molecule has 1 atom stereocenters. The highest BCUT2D eigenvalue weighted by Crippen LogP contribution is 2.38. The van der Waals surface area contributed by atoms with E-state index in [2.05, 4.69) is 10.4 Å². The number of hydrogen-bond acceptors (Lipinski definition) is 6. The van der Waals surface area contributed by atoms with E-state index in [9.17, 15) is 14.4 Å². The van der Waals surface area contributed by atoms with Crippen molar-refractivity contribution in [2.75, 3.05) is 11.9 Å². The average molecular weight is 422 g/mol. The Hall–Kier alpha value is -3.88. The van der Waals surface area contributed by atoms with E-state index in [1.54, 1.807) is 30.3 Å². The second-order valence-corrected chi connectivity index (χ2v) is 7.29. The molecule has 2 aromatic carbocycles. The quantitative estimate of drug-likeness (QED) is 0.625. The molecule has 0 saturated carbocycles. The summed E-state index contributed by atoms with van der Waals surface area (Å²) in [5.41, 5.74) is 6.30. The van der Waals surface area contributed by atoms with Crippen LogP contribution in [0.15, 0.2) is 41.2 Å². The molecule has 0 radical (unpaired) electrons. The molecular weight excluding hydrogens is 400 g/mol. The molecule has 0 bridgehead atoms. The molecule has 3 N–H and O–H groups in total. The number of primary amides is 1. The SMILES string of the molecule is CCOc1cc2c(cc1NC(=O)Cn1nc(C(N)=O)c3ccccc3c1=O)O[C@H](C)C2. The molecule has 0 spiro atoms. The van der Waals surface area contributed by atoms with Crippen molar-refractivity contribution in [3.05, 3.63) is 58.0 Å². The van der Waals surface area contributed by atoms with Gasteiger partial charge in [-0.05, 0) is 26.0 Å². The van der Waals surface area contributed by atoms with Gasteiger partial charge < -0.3 is 20.5 Å². The molecule has 2 amide bonds. The number of fused-ring (bicyclic) bond motifs is 2. The van der Waals surface area contributed by atoms with Gasteiger partial charge in [0.15, 0.2) is 5.69 Å². The third kappa shape index (κ3) is 3.94. The second-order valence-electron chi connectivity index (χ2n) is 7.29. The van der Waals surface area contributed by atoms with Crippen molar-refractivity contribution < 1.29 is 19.1 Å². The van der Waals surface area contributed by atoms with E-state index >= 15 is 0 Å². The Morgan fingerprint density at radius 1 is 1.29 bits per heavy atom. The number of nitrogens with one attached hydrogen (secondary N) is 1.